The normalized spacial score (nSPS) is 9.21. The number of benzene rings is 1. The predicted molar refractivity (Wildman–Crippen MR) is 66.0 cm³/mol. The van der Waals surface area contributed by atoms with Gasteiger partial charge in [-0.05, 0) is 18.1 Å². The van der Waals surface area contributed by atoms with Crippen molar-refractivity contribution in [1.29, 1.82) is 5.26 Å². The lowest BCUT2D eigenvalue weighted by atomic mass is 10.1. The van der Waals surface area contributed by atoms with Gasteiger partial charge >= 0.3 is 0 Å². The molecule has 0 radical (unpaired) electrons. The van der Waals surface area contributed by atoms with E-state index in [-0.39, 0.29) is 0 Å². The topological polar surface area (TPSA) is 23.8 Å². The summed E-state index contributed by atoms with van der Waals surface area (Å²) < 4.78 is 1.07. The lowest BCUT2D eigenvalue weighted by molar-refractivity contribution is 1.52. The number of rotatable bonds is 3. The first kappa shape index (κ1) is 11.2. The lowest BCUT2D eigenvalue weighted by Crippen LogP contribution is -1.83. The van der Waals surface area contributed by atoms with Gasteiger partial charge in [0.05, 0.1) is 9.81 Å². The van der Waals surface area contributed by atoms with Crippen molar-refractivity contribution in [1.82, 2.24) is 0 Å². The van der Waals surface area contributed by atoms with Gasteiger partial charge in [0.2, 0.25) is 0 Å². The Labute approximate surface area is 93.2 Å². The summed E-state index contributed by atoms with van der Waals surface area (Å²) in [5.41, 5.74) is 1.76. The molecule has 0 aliphatic carbocycles. The van der Waals surface area contributed by atoms with Crippen molar-refractivity contribution in [2.24, 2.45) is 0 Å². The van der Waals surface area contributed by atoms with Gasteiger partial charge in [-0.25, -0.2) is 0 Å². The van der Waals surface area contributed by atoms with E-state index in [9.17, 15) is 0 Å². The summed E-state index contributed by atoms with van der Waals surface area (Å²) in [6, 6.07) is 12.0. The number of thioether (sulfide) groups is 2. The molecular weight excluding hydrogens is 210 g/mol. The monoisotopic (exact) mass is 221 g/mol. The largest absolute Gasteiger partial charge is 0.192 e. The van der Waals surface area contributed by atoms with E-state index in [0.717, 1.165) is 15.4 Å². The Morgan fingerprint density at radius 1 is 1.14 bits per heavy atom. The summed E-state index contributed by atoms with van der Waals surface area (Å²) >= 11 is 3.24. The molecule has 0 amide bonds. The molecule has 72 valence electrons. The fraction of sp³-hybridized carbons (Fsp3) is 0.182. The maximum absolute atomic E-state index is 9.08. The second-order valence-corrected chi connectivity index (χ2v) is 4.44. The van der Waals surface area contributed by atoms with Crippen molar-refractivity contribution < 1.29 is 0 Å². The van der Waals surface area contributed by atoms with Crippen molar-refractivity contribution in [3.63, 3.8) is 0 Å². The molecule has 0 N–H and O–H groups in total. The van der Waals surface area contributed by atoms with Crippen molar-refractivity contribution in [2.75, 3.05) is 12.5 Å². The Morgan fingerprint density at radius 3 is 2.14 bits per heavy atom. The van der Waals surface area contributed by atoms with Gasteiger partial charge in [0, 0.05) is 0 Å². The molecule has 1 rings (SSSR count). The number of nitrogens with zero attached hydrogens (tertiary/aromatic N) is 1. The number of nitriles is 1. The minimum atomic E-state index is 0.769. The average Bonchev–Trinajstić information content (AvgIpc) is 2.27. The molecule has 0 atom stereocenters. The predicted octanol–water partition coefficient (Wildman–Crippen LogP) is 3.60. The Hall–Kier alpha value is -0.850. The second kappa shape index (κ2) is 5.79. The van der Waals surface area contributed by atoms with Gasteiger partial charge < -0.3 is 0 Å². The van der Waals surface area contributed by atoms with Crippen LogP contribution in [0, 0.1) is 11.3 Å². The molecule has 0 heterocycles. The highest BCUT2D eigenvalue weighted by molar-refractivity contribution is 8.21. The summed E-state index contributed by atoms with van der Waals surface area (Å²) in [6.45, 7) is 0. The van der Waals surface area contributed by atoms with Gasteiger partial charge in [-0.15, -0.1) is 23.5 Å². The molecule has 0 aromatic heterocycles. The quantitative estimate of drug-likeness (QED) is 0.729. The van der Waals surface area contributed by atoms with Crippen molar-refractivity contribution in [3.05, 3.63) is 40.1 Å². The lowest BCUT2D eigenvalue weighted by Gasteiger charge is -2.04. The van der Waals surface area contributed by atoms with E-state index in [1.807, 2.05) is 42.8 Å². The minimum Gasteiger partial charge on any atom is -0.192 e. The van der Waals surface area contributed by atoms with E-state index in [1.54, 1.807) is 23.5 Å². The molecule has 0 aliphatic rings. The first-order chi connectivity index (χ1) is 6.83. The van der Waals surface area contributed by atoms with Gasteiger partial charge in [-0.3, -0.25) is 0 Å². The van der Waals surface area contributed by atoms with Crippen LogP contribution in [0.4, 0.5) is 0 Å². The number of hydrogen-bond acceptors (Lipinski definition) is 3. The fourth-order valence-corrected chi connectivity index (χ4v) is 2.52. The average molecular weight is 221 g/mol. The fourth-order valence-electron chi connectivity index (χ4n) is 1.12. The van der Waals surface area contributed by atoms with Crippen molar-refractivity contribution in [3.8, 4) is 6.07 Å². The third kappa shape index (κ3) is 2.57. The van der Waals surface area contributed by atoms with Gasteiger partial charge in [0.1, 0.15) is 6.07 Å². The number of allylic oxidation sites excluding steroid dienone is 1. The summed E-state index contributed by atoms with van der Waals surface area (Å²) in [7, 11) is 0. The molecule has 0 bridgehead atoms. The Bertz CT molecular complexity index is 357. The van der Waals surface area contributed by atoms with Crippen LogP contribution in [0.25, 0.3) is 5.57 Å². The maximum Gasteiger partial charge on any atom is 0.101 e. The molecule has 0 unspecified atom stereocenters. The first-order valence-electron chi connectivity index (χ1n) is 4.11. The standard InChI is InChI=1S/C11H11NS2/c1-13-11(14-2)10(8-12)9-6-4-3-5-7-9/h3-7H,1-2H3. The van der Waals surface area contributed by atoms with E-state index >= 15 is 0 Å². The zero-order valence-electron chi connectivity index (χ0n) is 8.15. The van der Waals surface area contributed by atoms with Gasteiger partial charge in [0.15, 0.2) is 0 Å². The summed E-state index contributed by atoms with van der Waals surface area (Å²) in [5.74, 6) is 0. The molecule has 0 spiro atoms. The van der Waals surface area contributed by atoms with Crippen LogP contribution < -0.4 is 0 Å². The Balaban J connectivity index is 3.17. The van der Waals surface area contributed by atoms with E-state index in [4.69, 9.17) is 5.26 Å². The Morgan fingerprint density at radius 2 is 1.71 bits per heavy atom. The summed E-state index contributed by atoms with van der Waals surface area (Å²) in [6.07, 6.45) is 3.98. The zero-order chi connectivity index (χ0) is 10.4. The van der Waals surface area contributed by atoms with Crippen LogP contribution in [-0.4, -0.2) is 12.5 Å². The molecule has 0 aliphatic heterocycles. The second-order valence-electron chi connectivity index (χ2n) is 2.55. The number of hydrogen-bond donors (Lipinski definition) is 0. The highest BCUT2D eigenvalue weighted by Gasteiger charge is 2.06. The van der Waals surface area contributed by atoms with Crippen LogP contribution in [-0.2, 0) is 0 Å². The molecule has 1 nitrogen and oxygen atoms in total. The van der Waals surface area contributed by atoms with E-state index in [1.165, 1.54) is 0 Å². The third-order valence-corrected chi connectivity index (χ3v) is 3.90. The zero-order valence-corrected chi connectivity index (χ0v) is 9.78. The molecule has 1 aromatic rings. The van der Waals surface area contributed by atoms with Crippen LogP contribution in [0.15, 0.2) is 34.6 Å². The van der Waals surface area contributed by atoms with Crippen molar-refractivity contribution in [2.45, 2.75) is 0 Å². The van der Waals surface area contributed by atoms with Crippen LogP contribution in [0.2, 0.25) is 0 Å². The van der Waals surface area contributed by atoms with E-state index in [0.29, 0.717) is 0 Å². The highest BCUT2D eigenvalue weighted by Crippen LogP contribution is 2.32. The van der Waals surface area contributed by atoms with Gasteiger partial charge in [0.25, 0.3) is 0 Å². The molecule has 1 aromatic carbocycles. The van der Waals surface area contributed by atoms with Crippen LogP contribution in [0.1, 0.15) is 5.56 Å². The molecule has 3 heteroatoms. The van der Waals surface area contributed by atoms with Gasteiger partial charge in [-0.1, -0.05) is 30.3 Å². The van der Waals surface area contributed by atoms with E-state index in [2.05, 4.69) is 6.07 Å². The van der Waals surface area contributed by atoms with E-state index < -0.39 is 0 Å². The Kier molecular flexibility index (Phi) is 4.64. The molecule has 0 saturated carbocycles. The van der Waals surface area contributed by atoms with Crippen LogP contribution in [0.3, 0.4) is 0 Å². The van der Waals surface area contributed by atoms with Crippen LogP contribution in [0.5, 0.6) is 0 Å². The maximum atomic E-state index is 9.08. The smallest absolute Gasteiger partial charge is 0.101 e. The first-order valence-corrected chi connectivity index (χ1v) is 6.56. The third-order valence-electron chi connectivity index (χ3n) is 1.75. The van der Waals surface area contributed by atoms with Crippen LogP contribution >= 0.6 is 23.5 Å². The molecule has 0 saturated heterocycles. The summed E-state index contributed by atoms with van der Waals surface area (Å²) in [4.78, 5) is 0. The van der Waals surface area contributed by atoms with Gasteiger partial charge in [-0.2, -0.15) is 5.26 Å². The molecule has 0 fully saturated rings. The molecular formula is C11H11NS2. The highest BCUT2D eigenvalue weighted by atomic mass is 32.2. The summed E-state index contributed by atoms with van der Waals surface area (Å²) in [5, 5.41) is 9.08. The SMILES string of the molecule is CSC(SC)=C(C#N)c1ccccc1. The molecule has 14 heavy (non-hydrogen) atoms. The van der Waals surface area contributed by atoms with Crippen molar-refractivity contribution >= 4 is 29.1 Å². The minimum absolute atomic E-state index is 0.769.